The molecule has 2 heterocycles. The van der Waals surface area contributed by atoms with Gasteiger partial charge in [-0.15, -0.1) is 0 Å². The van der Waals surface area contributed by atoms with Crippen LogP contribution in [0.15, 0.2) is 24.3 Å². The van der Waals surface area contributed by atoms with Crippen molar-refractivity contribution in [2.24, 2.45) is 0 Å². The summed E-state index contributed by atoms with van der Waals surface area (Å²) < 4.78 is 44.7. The maximum atomic E-state index is 13.1. The minimum absolute atomic E-state index is 0.0283. The van der Waals surface area contributed by atoms with Gasteiger partial charge in [0.2, 0.25) is 0 Å². The fraction of sp³-hybridized carbons (Fsp3) is 0.650. The first-order valence-electron chi connectivity index (χ1n) is 10.0. The molecule has 2 saturated heterocycles. The van der Waals surface area contributed by atoms with Crippen molar-refractivity contribution in [1.82, 2.24) is 14.7 Å². The summed E-state index contributed by atoms with van der Waals surface area (Å²) in [5.74, 6) is -0.169. The Morgan fingerprint density at radius 1 is 0.964 bits per heavy atom. The smallest absolute Gasteiger partial charge is 0.419 e. The number of hydrogen-bond donors (Lipinski definition) is 0. The summed E-state index contributed by atoms with van der Waals surface area (Å²) in [4.78, 5) is 18.7. The van der Waals surface area contributed by atoms with E-state index >= 15 is 0 Å². The fourth-order valence-electron chi connectivity index (χ4n) is 4.10. The lowest BCUT2D eigenvalue weighted by Gasteiger charge is -2.41. The molecule has 4 rings (SSSR count). The number of para-hydroxylation sites is 1. The Balaban J connectivity index is 1.28. The van der Waals surface area contributed by atoms with Crippen LogP contribution in [0.5, 0.6) is 5.75 Å². The highest BCUT2D eigenvalue weighted by atomic mass is 19.4. The summed E-state index contributed by atoms with van der Waals surface area (Å²) in [6.45, 7) is 4.05. The van der Waals surface area contributed by atoms with Crippen LogP contribution in [0.4, 0.5) is 18.0 Å². The van der Waals surface area contributed by atoms with E-state index in [9.17, 15) is 18.0 Å². The Labute approximate surface area is 163 Å². The van der Waals surface area contributed by atoms with Crippen molar-refractivity contribution >= 4 is 6.03 Å². The zero-order valence-electron chi connectivity index (χ0n) is 15.8. The molecular formula is C20H26F3N3O2. The normalized spacial score (nSPS) is 22.4. The highest BCUT2D eigenvalue weighted by Crippen LogP contribution is 2.37. The van der Waals surface area contributed by atoms with Crippen LogP contribution in [0, 0.1) is 0 Å². The monoisotopic (exact) mass is 397 g/mol. The predicted molar refractivity (Wildman–Crippen MR) is 98.2 cm³/mol. The van der Waals surface area contributed by atoms with Crippen molar-refractivity contribution in [3.8, 4) is 5.75 Å². The van der Waals surface area contributed by atoms with Gasteiger partial charge in [0.1, 0.15) is 11.9 Å². The number of urea groups is 1. The van der Waals surface area contributed by atoms with Crippen molar-refractivity contribution in [3.63, 3.8) is 0 Å². The van der Waals surface area contributed by atoms with Gasteiger partial charge in [-0.2, -0.15) is 13.2 Å². The van der Waals surface area contributed by atoms with Crippen molar-refractivity contribution in [2.45, 2.75) is 44.0 Å². The molecular weight excluding hydrogens is 371 g/mol. The maximum absolute atomic E-state index is 13.1. The molecule has 5 nitrogen and oxygen atoms in total. The molecule has 154 valence electrons. The number of amides is 2. The van der Waals surface area contributed by atoms with Crippen LogP contribution in [0.3, 0.4) is 0 Å². The number of carbonyl (C=O) groups is 1. The lowest BCUT2D eigenvalue weighted by atomic mass is 9.91. The first-order chi connectivity index (χ1) is 13.4. The molecule has 1 aliphatic carbocycles. The third kappa shape index (κ3) is 4.06. The fourth-order valence-corrected chi connectivity index (χ4v) is 4.10. The number of rotatable bonds is 3. The molecule has 3 aliphatic rings. The summed E-state index contributed by atoms with van der Waals surface area (Å²) in [5.41, 5.74) is -0.775. The van der Waals surface area contributed by atoms with Crippen LogP contribution in [0.1, 0.15) is 31.2 Å². The molecule has 2 aliphatic heterocycles. The highest BCUT2D eigenvalue weighted by Gasteiger charge is 2.39. The number of hydrogen-bond acceptors (Lipinski definition) is 3. The van der Waals surface area contributed by atoms with Gasteiger partial charge in [-0.05, 0) is 31.4 Å². The molecule has 1 saturated carbocycles. The van der Waals surface area contributed by atoms with Gasteiger partial charge in [0.15, 0.2) is 0 Å². The Bertz CT molecular complexity index is 702. The van der Waals surface area contributed by atoms with E-state index in [1.54, 1.807) is 4.90 Å². The Morgan fingerprint density at radius 3 is 2.39 bits per heavy atom. The average Bonchev–Trinajstić information content (AvgIpc) is 2.81. The molecule has 3 fully saturated rings. The van der Waals surface area contributed by atoms with Gasteiger partial charge in [0.25, 0.3) is 0 Å². The van der Waals surface area contributed by atoms with E-state index in [-0.39, 0.29) is 11.8 Å². The molecule has 0 bridgehead atoms. The second kappa shape index (κ2) is 7.81. The summed E-state index contributed by atoms with van der Waals surface area (Å²) in [7, 11) is 0. The minimum Gasteiger partial charge on any atom is -0.486 e. The van der Waals surface area contributed by atoms with Gasteiger partial charge in [-0.3, -0.25) is 4.90 Å². The van der Waals surface area contributed by atoms with E-state index in [4.69, 9.17) is 4.74 Å². The number of benzene rings is 1. The lowest BCUT2D eigenvalue weighted by Crippen LogP contribution is -2.60. The first-order valence-corrected chi connectivity index (χ1v) is 10.0. The predicted octanol–water partition coefficient (Wildman–Crippen LogP) is 3.45. The molecule has 2 amide bonds. The molecule has 8 heteroatoms. The standard InChI is InChI=1S/C20H26F3N3O2/c21-20(22,23)17-7-1-2-8-18(17)28-16-13-26(14-16)19(27)25-10-4-9-24(11-12-25)15-5-3-6-15/h1-2,7-8,15-16H,3-6,9-14H2. The number of carbonyl (C=O) groups excluding carboxylic acids is 1. The molecule has 1 aromatic carbocycles. The van der Waals surface area contributed by atoms with Gasteiger partial charge in [0.05, 0.1) is 18.7 Å². The average molecular weight is 397 g/mol. The van der Waals surface area contributed by atoms with Crippen LogP contribution in [0.25, 0.3) is 0 Å². The number of ether oxygens (including phenoxy) is 1. The molecule has 0 radical (unpaired) electrons. The van der Waals surface area contributed by atoms with Crippen LogP contribution in [-0.4, -0.2) is 72.1 Å². The number of alkyl halides is 3. The molecule has 1 aromatic rings. The summed E-state index contributed by atoms with van der Waals surface area (Å²) >= 11 is 0. The van der Waals surface area contributed by atoms with Crippen LogP contribution < -0.4 is 4.74 Å². The number of likely N-dealkylation sites (tertiary alicyclic amines) is 1. The SMILES string of the molecule is O=C(N1CCCN(C2CCC2)CC1)N1CC(Oc2ccccc2C(F)(F)F)C1. The number of nitrogens with zero attached hydrogens (tertiary/aromatic N) is 3. The van der Waals surface area contributed by atoms with Crippen LogP contribution in [0.2, 0.25) is 0 Å². The van der Waals surface area contributed by atoms with E-state index in [2.05, 4.69) is 4.90 Å². The van der Waals surface area contributed by atoms with E-state index < -0.39 is 17.8 Å². The summed E-state index contributed by atoms with van der Waals surface area (Å²) in [5, 5.41) is 0. The van der Waals surface area contributed by atoms with E-state index in [0.717, 1.165) is 32.1 Å². The molecule has 0 N–H and O–H groups in total. The third-order valence-electron chi connectivity index (χ3n) is 6.00. The minimum atomic E-state index is -4.45. The van der Waals surface area contributed by atoms with Gasteiger partial charge in [-0.1, -0.05) is 18.6 Å². The Kier molecular flexibility index (Phi) is 5.40. The molecule has 0 spiro atoms. The highest BCUT2D eigenvalue weighted by molar-refractivity contribution is 5.75. The molecule has 0 unspecified atom stereocenters. The molecule has 28 heavy (non-hydrogen) atoms. The number of halogens is 3. The Hall–Kier alpha value is -1.96. The second-order valence-electron chi connectivity index (χ2n) is 7.88. The lowest BCUT2D eigenvalue weighted by molar-refractivity contribution is -0.139. The van der Waals surface area contributed by atoms with Gasteiger partial charge < -0.3 is 14.5 Å². The van der Waals surface area contributed by atoms with Crippen molar-refractivity contribution < 1.29 is 22.7 Å². The zero-order valence-corrected chi connectivity index (χ0v) is 15.8. The van der Waals surface area contributed by atoms with Gasteiger partial charge in [-0.25, -0.2) is 4.79 Å². The van der Waals surface area contributed by atoms with E-state index in [1.807, 2.05) is 4.90 Å². The second-order valence-corrected chi connectivity index (χ2v) is 7.88. The molecule has 0 atom stereocenters. The van der Waals surface area contributed by atoms with Gasteiger partial charge >= 0.3 is 12.2 Å². The quantitative estimate of drug-likeness (QED) is 0.784. The zero-order chi connectivity index (χ0) is 19.7. The maximum Gasteiger partial charge on any atom is 0.419 e. The van der Waals surface area contributed by atoms with Crippen molar-refractivity contribution in [2.75, 3.05) is 39.3 Å². The van der Waals surface area contributed by atoms with E-state index in [1.165, 1.54) is 37.5 Å². The third-order valence-corrected chi connectivity index (χ3v) is 6.00. The first kappa shape index (κ1) is 19.4. The largest absolute Gasteiger partial charge is 0.486 e. The van der Waals surface area contributed by atoms with Gasteiger partial charge in [0, 0.05) is 32.2 Å². The summed E-state index contributed by atoms with van der Waals surface area (Å²) in [6.07, 6.45) is -0.0535. The summed E-state index contributed by atoms with van der Waals surface area (Å²) in [6, 6.07) is 5.87. The van der Waals surface area contributed by atoms with Crippen molar-refractivity contribution in [3.05, 3.63) is 29.8 Å². The van der Waals surface area contributed by atoms with Crippen molar-refractivity contribution in [1.29, 1.82) is 0 Å². The van der Waals surface area contributed by atoms with Crippen LogP contribution in [-0.2, 0) is 6.18 Å². The molecule has 0 aromatic heterocycles. The van der Waals surface area contributed by atoms with E-state index in [0.29, 0.717) is 25.7 Å². The Morgan fingerprint density at radius 2 is 1.71 bits per heavy atom. The van der Waals surface area contributed by atoms with Crippen LogP contribution >= 0.6 is 0 Å². The topological polar surface area (TPSA) is 36.0 Å².